The first-order valence-electron chi connectivity index (χ1n) is 17.4. The molecule has 0 aromatic rings. The first-order valence-corrected chi connectivity index (χ1v) is 17.4. The Morgan fingerprint density at radius 2 is 0.784 bits per heavy atom. The molecule has 222 valence electrons. The summed E-state index contributed by atoms with van der Waals surface area (Å²) in [5.74, 6) is 0.955. The van der Waals surface area contributed by atoms with E-state index in [4.69, 9.17) is 4.74 Å². The lowest BCUT2D eigenvalue weighted by molar-refractivity contribution is -0.143. The molecule has 37 heavy (non-hydrogen) atoms. The van der Waals surface area contributed by atoms with Crippen molar-refractivity contribution in [3.63, 3.8) is 0 Å². The fourth-order valence-corrected chi connectivity index (χ4v) is 5.44. The minimum absolute atomic E-state index is 0.0262. The maximum atomic E-state index is 11.9. The van der Waals surface area contributed by atoms with Gasteiger partial charge in [0.05, 0.1) is 6.61 Å². The summed E-state index contributed by atoms with van der Waals surface area (Å²) in [6, 6.07) is 0. The van der Waals surface area contributed by atoms with Crippen LogP contribution in [0.1, 0.15) is 207 Å². The van der Waals surface area contributed by atoms with E-state index < -0.39 is 0 Å². The van der Waals surface area contributed by atoms with Crippen LogP contribution < -0.4 is 0 Å². The first-order chi connectivity index (χ1) is 18.2. The number of esters is 1. The van der Waals surface area contributed by atoms with E-state index in [1.165, 1.54) is 167 Å². The molecule has 1 atom stereocenters. The van der Waals surface area contributed by atoms with Gasteiger partial charge in [-0.15, -0.1) is 0 Å². The van der Waals surface area contributed by atoms with E-state index in [1.54, 1.807) is 0 Å². The zero-order chi connectivity index (χ0) is 27.1. The third-order valence-corrected chi connectivity index (χ3v) is 8.14. The number of unbranched alkanes of at least 4 members (excludes halogenated alkanes) is 23. The number of hydrogen-bond acceptors (Lipinski definition) is 2. The largest absolute Gasteiger partial charge is 0.466 e. The second-order valence-corrected chi connectivity index (χ2v) is 12.1. The van der Waals surface area contributed by atoms with Gasteiger partial charge in [0.2, 0.25) is 0 Å². The molecule has 0 aromatic heterocycles. The smallest absolute Gasteiger partial charge is 0.305 e. The Kier molecular flexibility index (Phi) is 31.2. The molecule has 0 aromatic carbocycles. The number of hydrogen-bond donors (Lipinski definition) is 0. The number of rotatable bonds is 31. The lowest BCUT2D eigenvalue weighted by Gasteiger charge is -2.11. The van der Waals surface area contributed by atoms with Crippen LogP contribution in [-0.2, 0) is 9.53 Å². The molecule has 0 saturated carbocycles. The number of ether oxygens (including phenoxy) is 1. The second kappa shape index (κ2) is 31.7. The fourth-order valence-electron chi connectivity index (χ4n) is 5.44. The van der Waals surface area contributed by atoms with Crippen molar-refractivity contribution in [3.05, 3.63) is 0 Å². The van der Waals surface area contributed by atoms with E-state index in [-0.39, 0.29) is 5.97 Å². The third-order valence-electron chi connectivity index (χ3n) is 8.14. The molecule has 0 amide bonds. The zero-order valence-electron chi connectivity index (χ0n) is 26.1. The van der Waals surface area contributed by atoms with Crippen LogP contribution in [0.4, 0.5) is 0 Å². The Hall–Kier alpha value is -0.530. The summed E-state index contributed by atoms with van der Waals surface area (Å²) in [5.41, 5.74) is 0. The summed E-state index contributed by atoms with van der Waals surface area (Å²) in [5, 5.41) is 0. The molecule has 2 heteroatoms. The molecule has 0 aliphatic heterocycles. The van der Waals surface area contributed by atoms with Crippen LogP contribution in [0.3, 0.4) is 0 Å². The Labute approximate surface area is 234 Å². The molecule has 2 nitrogen and oxygen atoms in total. The van der Waals surface area contributed by atoms with Crippen LogP contribution in [0.2, 0.25) is 0 Å². The maximum absolute atomic E-state index is 11.9. The van der Waals surface area contributed by atoms with Crippen LogP contribution in [0.5, 0.6) is 0 Å². The van der Waals surface area contributed by atoms with E-state index in [0.29, 0.717) is 13.0 Å². The van der Waals surface area contributed by atoms with Crippen LogP contribution in [0, 0.1) is 5.92 Å². The monoisotopic (exact) mass is 523 g/mol. The third kappa shape index (κ3) is 31.6. The normalized spacial score (nSPS) is 12.2. The molecule has 1 unspecified atom stereocenters. The molecule has 0 aliphatic carbocycles. The summed E-state index contributed by atoms with van der Waals surface area (Å²) < 4.78 is 5.43. The van der Waals surface area contributed by atoms with Crippen LogP contribution in [0.15, 0.2) is 0 Å². The predicted octanol–water partition coefficient (Wildman–Crippen LogP) is 12.5. The lowest BCUT2D eigenvalue weighted by Crippen LogP contribution is -2.05. The van der Waals surface area contributed by atoms with Gasteiger partial charge >= 0.3 is 5.97 Å². The van der Waals surface area contributed by atoms with Gasteiger partial charge < -0.3 is 4.74 Å². The van der Waals surface area contributed by atoms with Gasteiger partial charge in [-0.1, -0.05) is 188 Å². The highest BCUT2D eigenvalue weighted by Gasteiger charge is 2.04. The quantitative estimate of drug-likeness (QED) is 0.0668. The van der Waals surface area contributed by atoms with E-state index in [1.807, 2.05) is 0 Å². The SMILES string of the molecule is CCCCCCCCCCCCCCOC(=O)CCCCCCCCCCCC(C)CCCCCCC. The average Bonchev–Trinajstić information content (AvgIpc) is 2.89. The van der Waals surface area contributed by atoms with Crippen molar-refractivity contribution in [2.24, 2.45) is 5.92 Å². The Morgan fingerprint density at radius 3 is 1.19 bits per heavy atom. The summed E-state index contributed by atoms with van der Waals surface area (Å²) in [6.07, 6.45) is 38.5. The molecule has 0 saturated heterocycles. The van der Waals surface area contributed by atoms with Crippen molar-refractivity contribution in [1.82, 2.24) is 0 Å². The number of carbonyl (C=O) groups is 1. The zero-order valence-corrected chi connectivity index (χ0v) is 26.1. The van der Waals surface area contributed by atoms with Gasteiger partial charge in [0.25, 0.3) is 0 Å². The summed E-state index contributed by atoms with van der Waals surface area (Å²) >= 11 is 0. The molecular formula is C35H70O2. The minimum Gasteiger partial charge on any atom is -0.466 e. The van der Waals surface area contributed by atoms with E-state index in [0.717, 1.165) is 18.8 Å². The van der Waals surface area contributed by atoms with Gasteiger partial charge in [-0.05, 0) is 18.8 Å². The van der Waals surface area contributed by atoms with Crippen molar-refractivity contribution in [2.45, 2.75) is 207 Å². The first kappa shape index (κ1) is 36.5. The van der Waals surface area contributed by atoms with Gasteiger partial charge in [0.1, 0.15) is 0 Å². The van der Waals surface area contributed by atoms with E-state index in [2.05, 4.69) is 20.8 Å². The summed E-state index contributed by atoms with van der Waals surface area (Å²) in [6.45, 7) is 7.66. The van der Waals surface area contributed by atoms with Crippen LogP contribution in [-0.4, -0.2) is 12.6 Å². The molecule has 0 N–H and O–H groups in total. The van der Waals surface area contributed by atoms with Crippen molar-refractivity contribution < 1.29 is 9.53 Å². The van der Waals surface area contributed by atoms with Crippen LogP contribution >= 0.6 is 0 Å². The van der Waals surface area contributed by atoms with Crippen molar-refractivity contribution in [2.75, 3.05) is 6.61 Å². The van der Waals surface area contributed by atoms with Crippen molar-refractivity contribution in [3.8, 4) is 0 Å². The number of carbonyl (C=O) groups excluding carboxylic acids is 1. The lowest BCUT2D eigenvalue weighted by atomic mass is 9.96. The average molecular weight is 523 g/mol. The summed E-state index contributed by atoms with van der Waals surface area (Å²) in [7, 11) is 0. The van der Waals surface area contributed by atoms with Gasteiger partial charge in [0.15, 0.2) is 0 Å². The molecule has 0 aliphatic rings. The summed E-state index contributed by atoms with van der Waals surface area (Å²) in [4.78, 5) is 11.9. The molecule has 0 bridgehead atoms. The molecule has 0 radical (unpaired) electrons. The molecule has 0 spiro atoms. The van der Waals surface area contributed by atoms with Gasteiger partial charge in [0, 0.05) is 6.42 Å². The maximum Gasteiger partial charge on any atom is 0.305 e. The van der Waals surface area contributed by atoms with Crippen LogP contribution in [0.25, 0.3) is 0 Å². The fraction of sp³-hybridized carbons (Fsp3) is 0.971. The Bertz CT molecular complexity index is 433. The van der Waals surface area contributed by atoms with Gasteiger partial charge in [-0.2, -0.15) is 0 Å². The molecule has 0 rings (SSSR count). The highest BCUT2D eigenvalue weighted by molar-refractivity contribution is 5.69. The molecule has 0 heterocycles. The predicted molar refractivity (Wildman–Crippen MR) is 165 cm³/mol. The Balaban J connectivity index is 3.21. The highest BCUT2D eigenvalue weighted by atomic mass is 16.5. The van der Waals surface area contributed by atoms with Crippen molar-refractivity contribution in [1.29, 1.82) is 0 Å². The topological polar surface area (TPSA) is 26.3 Å². The van der Waals surface area contributed by atoms with E-state index >= 15 is 0 Å². The Morgan fingerprint density at radius 1 is 0.459 bits per heavy atom. The highest BCUT2D eigenvalue weighted by Crippen LogP contribution is 2.19. The molecular weight excluding hydrogens is 452 g/mol. The molecule has 0 fully saturated rings. The van der Waals surface area contributed by atoms with E-state index in [9.17, 15) is 4.79 Å². The van der Waals surface area contributed by atoms with Gasteiger partial charge in [-0.3, -0.25) is 4.79 Å². The van der Waals surface area contributed by atoms with Gasteiger partial charge in [-0.25, -0.2) is 0 Å². The minimum atomic E-state index is 0.0262. The second-order valence-electron chi connectivity index (χ2n) is 12.1. The van der Waals surface area contributed by atoms with Crippen molar-refractivity contribution >= 4 is 5.97 Å². The standard InChI is InChI=1S/C35H70O2/c1-4-6-8-10-11-12-13-14-18-21-25-29-33-37-35(36)32-28-24-20-17-15-16-19-23-27-31-34(3)30-26-22-9-7-5-2/h34H,4-33H2,1-3H3.